The van der Waals surface area contributed by atoms with Crippen molar-refractivity contribution in [3.63, 3.8) is 0 Å². The summed E-state index contributed by atoms with van der Waals surface area (Å²) in [5.41, 5.74) is 0.771. The Morgan fingerprint density at radius 3 is 2.59 bits per heavy atom. The molecule has 0 aliphatic heterocycles. The van der Waals surface area contributed by atoms with Gasteiger partial charge in [-0.05, 0) is 12.1 Å². The third kappa shape index (κ3) is 4.80. The zero-order valence-electron chi connectivity index (χ0n) is 9.40. The molecule has 0 spiro atoms. The molecule has 5 heteroatoms. The monoisotopic (exact) mass is 232 g/mol. The van der Waals surface area contributed by atoms with Crippen molar-refractivity contribution in [1.29, 1.82) is 0 Å². The predicted octanol–water partition coefficient (Wildman–Crippen LogP) is 1.47. The van der Waals surface area contributed by atoms with E-state index in [4.69, 9.17) is 0 Å². The van der Waals surface area contributed by atoms with E-state index in [1.165, 1.54) is 19.1 Å². The molecule has 5 nitrogen and oxygen atoms in total. The fourth-order valence-corrected chi connectivity index (χ4v) is 1.13. The van der Waals surface area contributed by atoms with Gasteiger partial charge in [0.15, 0.2) is 0 Å². The number of nitro groups is 1. The van der Waals surface area contributed by atoms with Crippen molar-refractivity contribution in [2.75, 3.05) is 6.54 Å². The van der Waals surface area contributed by atoms with Gasteiger partial charge in [0, 0.05) is 37.6 Å². The second kappa shape index (κ2) is 6.28. The maximum absolute atomic E-state index is 10.6. The molecule has 0 aliphatic carbocycles. The molecule has 0 fully saturated rings. The molecule has 0 aliphatic rings. The molecule has 0 saturated carbocycles. The summed E-state index contributed by atoms with van der Waals surface area (Å²) in [4.78, 5) is 20.5. The Kier molecular flexibility index (Phi) is 4.70. The van der Waals surface area contributed by atoms with E-state index >= 15 is 0 Å². The van der Waals surface area contributed by atoms with Crippen molar-refractivity contribution < 1.29 is 9.72 Å². The number of non-ortho nitro benzene ring substituents is 1. The zero-order valence-corrected chi connectivity index (χ0v) is 9.40. The van der Waals surface area contributed by atoms with Crippen molar-refractivity contribution in [2.24, 2.45) is 0 Å². The summed E-state index contributed by atoms with van der Waals surface area (Å²) in [6.45, 7) is 1.96. The van der Waals surface area contributed by atoms with Crippen LogP contribution in [0, 0.1) is 22.0 Å². The highest BCUT2D eigenvalue weighted by Gasteiger charge is 2.01. The third-order valence-corrected chi connectivity index (χ3v) is 1.93. The number of carbonyl (C=O) groups is 1. The van der Waals surface area contributed by atoms with Crippen molar-refractivity contribution in [2.45, 2.75) is 13.3 Å². The van der Waals surface area contributed by atoms with Gasteiger partial charge in [-0.3, -0.25) is 14.9 Å². The molecule has 0 atom stereocenters. The fraction of sp³-hybridized carbons (Fsp3) is 0.250. The number of nitrogens with zero attached hydrogens (tertiary/aromatic N) is 1. The molecule has 0 radical (unpaired) electrons. The first-order valence-electron chi connectivity index (χ1n) is 5.07. The number of nitrogens with one attached hydrogen (secondary N) is 1. The number of carbonyl (C=O) groups excluding carboxylic acids is 1. The summed E-state index contributed by atoms with van der Waals surface area (Å²) in [5, 5.41) is 13.0. The summed E-state index contributed by atoms with van der Waals surface area (Å²) in [5.74, 6) is 5.65. The lowest BCUT2D eigenvalue weighted by Gasteiger charge is -1.94. The second-order valence-electron chi connectivity index (χ2n) is 3.34. The highest BCUT2D eigenvalue weighted by Crippen LogP contribution is 2.10. The highest BCUT2D eigenvalue weighted by molar-refractivity contribution is 5.72. The molecule has 1 aromatic rings. The molecule has 88 valence electrons. The number of benzene rings is 1. The van der Waals surface area contributed by atoms with Gasteiger partial charge in [-0.15, -0.1) is 0 Å². The Morgan fingerprint density at radius 1 is 1.41 bits per heavy atom. The van der Waals surface area contributed by atoms with Crippen LogP contribution in [0.2, 0.25) is 0 Å². The molecule has 1 N–H and O–H groups in total. The lowest BCUT2D eigenvalue weighted by molar-refractivity contribution is -0.384. The van der Waals surface area contributed by atoms with E-state index in [9.17, 15) is 14.9 Å². The van der Waals surface area contributed by atoms with E-state index in [0.29, 0.717) is 13.0 Å². The molecular weight excluding hydrogens is 220 g/mol. The standard InChI is InChI=1S/C12H12N2O3/c1-10(15)13-9-3-2-4-11-5-7-12(8-6-11)14(16)17/h5-8H,3,9H2,1H3,(H,13,15). The Hall–Kier alpha value is -2.35. The largest absolute Gasteiger partial charge is 0.355 e. The minimum absolute atomic E-state index is 0.0498. The fourth-order valence-electron chi connectivity index (χ4n) is 1.13. The van der Waals surface area contributed by atoms with E-state index < -0.39 is 4.92 Å². The normalized spacial score (nSPS) is 9.00. The zero-order chi connectivity index (χ0) is 12.7. The molecule has 1 amide bonds. The summed E-state index contributed by atoms with van der Waals surface area (Å²) in [6, 6.07) is 6.03. The average Bonchev–Trinajstić information content (AvgIpc) is 2.29. The Balaban J connectivity index is 2.49. The lowest BCUT2D eigenvalue weighted by atomic mass is 10.2. The number of rotatable bonds is 3. The smallest absolute Gasteiger partial charge is 0.269 e. The van der Waals surface area contributed by atoms with Crippen LogP contribution in [-0.2, 0) is 4.79 Å². The summed E-state index contributed by atoms with van der Waals surface area (Å²) >= 11 is 0. The maximum atomic E-state index is 10.6. The van der Waals surface area contributed by atoms with E-state index in [0.717, 1.165) is 5.56 Å². The number of hydrogen-bond donors (Lipinski definition) is 1. The lowest BCUT2D eigenvalue weighted by Crippen LogP contribution is -2.20. The summed E-state index contributed by atoms with van der Waals surface area (Å²) < 4.78 is 0. The van der Waals surface area contributed by atoms with Crippen LogP contribution < -0.4 is 5.32 Å². The van der Waals surface area contributed by atoms with Crippen LogP contribution in [-0.4, -0.2) is 17.4 Å². The third-order valence-electron chi connectivity index (χ3n) is 1.93. The van der Waals surface area contributed by atoms with E-state index in [2.05, 4.69) is 17.2 Å². The van der Waals surface area contributed by atoms with Crippen LogP contribution in [0.25, 0.3) is 0 Å². The molecule has 0 heterocycles. The minimum Gasteiger partial charge on any atom is -0.355 e. The molecule has 0 aromatic heterocycles. The molecule has 0 bridgehead atoms. The van der Waals surface area contributed by atoms with Crippen LogP contribution in [0.15, 0.2) is 24.3 Å². The van der Waals surface area contributed by atoms with E-state index in [-0.39, 0.29) is 11.6 Å². The first kappa shape index (κ1) is 12.7. The first-order valence-corrected chi connectivity index (χ1v) is 5.07. The predicted molar refractivity (Wildman–Crippen MR) is 63.3 cm³/mol. The van der Waals surface area contributed by atoms with Crippen molar-refractivity contribution in [3.8, 4) is 11.8 Å². The SMILES string of the molecule is CC(=O)NCCC#Cc1ccc([N+](=O)[O-])cc1. The van der Waals surface area contributed by atoms with Crippen molar-refractivity contribution >= 4 is 11.6 Å². The van der Waals surface area contributed by atoms with Crippen LogP contribution in [0.3, 0.4) is 0 Å². The Labute approximate surface area is 99.0 Å². The molecular formula is C12H12N2O3. The second-order valence-corrected chi connectivity index (χ2v) is 3.34. The maximum Gasteiger partial charge on any atom is 0.269 e. The van der Waals surface area contributed by atoms with Crippen LogP contribution >= 0.6 is 0 Å². The van der Waals surface area contributed by atoms with Crippen LogP contribution in [0.4, 0.5) is 5.69 Å². The van der Waals surface area contributed by atoms with Gasteiger partial charge in [-0.2, -0.15) is 0 Å². The number of hydrogen-bond acceptors (Lipinski definition) is 3. The quantitative estimate of drug-likeness (QED) is 0.371. The van der Waals surface area contributed by atoms with Crippen molar-refractivity contribution in [3.05, 3.63) is 39.9 Å². The van der Waals surface area contributed by atoms with E-state index in [1.54, 1.807) is 12.1 Å². The van der Waals surface area contributed by atoms with Gasteiger partial charge in [-0.1, -0.05) is 11.8 Å². The van der Waals surface area contributed by atoms with Gasteiger partial charge in [0.1, 0.15) is 0 Å². The van der Waals surface area contributed by atoms with Crippen LogP contribution in [0.5, 0.6) is 0 Å². The number of amides is 1. The van der Waals surface area contributed by atoms with Crippen molar-refractivity contribution in [1.82, 2.24) is 5.32 Å². The summed E-state index contributed by atoms with van der Waals surface area (Å²) in [6.07, 6.45) is 0.552. The van der Waals surface area contributed by atoms with Gasteiger partial charge in [0.05, 0.1) is 4.92 Å². The van der Waals surface area contributed by atoms with Gasteiger partial charge in [-0.25, -0.2) is 0 Å². The average molecular weight is 232 g/mol. The Morgan fingerprint density at radius 2 is 2.06 bits per heavy atom. The molecule has 1 rings (SSSR count). The molecule has 0 saturated heterocycles. The van der Waals surface area contributed by atoms with Gasteiger partial charge in [0.25, 0.3) is 5.69 Å². The van der Waals surface area contributed by atoms with Gasteiger partial charge in [0.2, 0.25) is 5.91 Å². The summed E-state index contributed by atoms with van der Waals surface area (Å²) in [7, 11) is 0. The van der Waals surface area contributed by atoms with Gasteiger partial charge < -0.3 is 5.32 Å². The molecule has 0 unspecified atom stereocenters. The molecule has 17 heavy (non-hydrogen) atoms. The van der Waals surface area contributed by atoms with E-state index in [1.807, 2.05) is 0 Å². The topological polar surface area (TPSA) is 72.2 Å². The van der Waals surface area contributed by atoms with Gasteiger partial charge >= 0.3 is 0 Å². The Bertz CT molecular complexity index is 469. The highest BCUT2D eigenvalue weighted by atomic mass is 16.6. The molecule has 1 aromatic carbocycles. The first-order chi connectivity index (χ1) is 8.09. The minimum atomic E-state index is -0.450. The van der Waals surface area contributed by atoms with Crippen LogP contribution in [0.1, 0.15) is 18.9 Å². The number of nitro benzene ring substituents is 1.